The summed E-state index contributed by atoms with van der Waals surface area (Å²) in [6.07, 6.45) is 0. The third kappa shape index (κ3) is 2.64. The Morgan fingerprint density at radius 1 is 1.58 bits per heavy atom. The van der Waals surface area contributed by atoms with Gasteiger partial charge in [-0.2, -0.15) is 0 Å². The molecule has 0 aliphatic heterocycles. The van der Waals surface area contributed by atoms with Crippen LogP contribution in [0.3, 0.4) is 0 Å². The lowest BCUT2D eigenvalue weighted by Crippen LogP contribution is -2.05. The van der Waals surface area contributed by atoms with Gasteiger partial charge in [-0.05, 0) is 40.8 Å². The maximum atomic E-state index is 10.7. The van der Waals surface area contributed by atoms with E-state index in [0.717, 1.165) is 9.26 Å². The Labute approximate surface area is 89.4 Å². The second-order valence-corrected chi connectivity index (χ2v) is 3.88. The molecule has 1 aromatic rings. The van der Waals surface area contributed by atoms with Gasteiger partial charge in [0.2, 0.25) is 5.91 Å². The fraction of sp³-hybridized carbons (Fsp3) is 0.125. The van der Waals surface area contributed by atoms with E-state index >= 15 is 0 Å². The first kappa shape index (κ1) is 9.80. The Morgan fingerprint density at radius 3 is 2.75 bits per heavy atom. The minimum Gasteiger partial charge on any atom is -0.326 e. The van der Waals surface area contributed by atoms with Crippen molar-refractivity contribution in [3.05, 3.63) is 26.8 Å². The number of halogens is 2. The maximum absolute atomic E-state index is 10.7. The van der Waals surface area contributed by atoms with E-state index in [-0.39, 0.29) is 5.91 Å². The molecule has 0 aliphatic rings. The molecule has 0 saturated carbocycles. The Kier molecular flexibility index (Phi) is 3.34. The van der Waals surface area contributed by atoms with Crippen LogP contribution < -0.4 is 5.32 Å². The van der Waals surface area contributed by atoms with E-state index in [1.807, 2.05) is 6.07 Å². The average molecular weight is 296 g/mol. The monoisotopic (exact) mass is 295 g/mol. The van der Waals surface area contributed by atoms with Crippen LogP contribution in [0.2, 0.25) is 5.02 Å². The average Bonchev–Trinajstić information content (AvgIpc) is 1.96. The summed E-state index contributed by atoms with van der Waals surface area (Å²) in [6.45, 7) is 1.47. The van der Waals surface area contributed by atoms with Gasteiger partial charge in [0, 0.05) is 16.2 Å². The fourth-order valence-corrected chi connectivity index (χ4v) is 1.41. The van der Waals surface area contributed by atoms with Crippen LogP contribution in [0.25, 0.3) is 0 Å². The van der Waals surface area contributed by atoms with Crippen molar-refractivity contribution in [3.8, 4) is 0 Å². The van der Waals surface area contributed by atoms with E-state index in [1.165, 1.54) is 6.92 Å². The zero-order valence-electron chi connectivity index (χ0n) is 6.40. The highest BCUT2D eigenvalue weighted by Gasteiger charge is 1.99. The van der Waals surface area contributed by atoms with Gasteiger partial charge in [-0.25, -0.2) is 0 Å². The van der Waals surface area contributed by atoms with E-state index in [4.69, 9.17) is 11.6 Å². The zero-order chi connectivity index (χ0) is 9.14. The molecule has 0 heterocycles. The van der Waals surface area contributed by atoms with Crippen molar-refractivity contribution in [1.29, 1.82) is 0 Å². The molecular weight excluding hydrogens is 288 g/mol. The minimum absolute atomic E-state index is 0.0758. The highest BCUT2D eigenvalue weighted by Crippen LogP contribution is 2.21. The highest BCUT2D eigenvalue weighted by molar-refractivity contribution is 14.1. The summed E-state index contributed by atoms with van der Waals surface area (Å²) in [5.41, 5.74) is 0.774. The number of hydrogen-bond donors (Lipinski definition) is 1. The van der Waals surface area contributed by atoms with Crippen LogP contribution in [0.15, 0.2) is 18.2 Å². The maximum Gasteiger partial charge on any atom is 0.221 e. The summed E-state index contributed by atoms with van der Waals surface area (Å²) >= 11 is 7.91. The zero-order valence-corrected chi connectivity index (χ0v) is 9.31. The molecule has 0 bridgehead atoms. The number of nitrogens with one attached hydrogen (secondary N) is 1. The van der Waals surface area contributed by atoms with E-state index in [0.29, 0.717) is 5.02 Å². The number of carbonyl (C=O) groups excluding carboxylic acids is 1. The largest absolute Gasteiger partial charge is 0.326 e. The predicted octanol–water partition coefficient (Wildman–Crippen LogP) is 2.90. The van der Waals surface area contributed by atoms with E-state index in [1.54, 1.807) is 12.1 Å². The van der Waals surface area contributed by atoms with Gasteiger partial charge in [0.05, 0.1) is 5.02 Å². The number of rotatable bonds is 1. The molecule has 64 valence electrons. The summed E-state index contributed by atoms with van der Waals surface area (Å²) in [7, 11) is 0. The molecular formula is C8H7ClINO. The van der Waals surface area contributed by atoms with E-state index in [9.17, 15) is 4.79 Å². The Morgan fingerprint density at radius 2 is 2.25 bits per heavy atom. The lowest BCUT2D eigenvalue weighted by Gasteiger charge is -2.02. The van der Waals surface area contributed by atoms with Crippen LogP contribution in [0.5, 0.6) is 0 Å². The quantitative estimate of drug-likeness (QED) is 0.793. The molecule has 1 aromatic carbocycles. The molecule has 0 unspecified atom stereocenters. The van der Waals surface area contributed by atoms with Gasteiger partial charge < -0.3 is 5.32 Å². The van der Waals surface area contributed by atoms with Gasteiger partial charge in [0.25, 0.3) is 0 Å². The molecule has 1 amide bonds. The van der Waals surface area contributed by atoms with Crippen molar-refractivity contribution >= 4 is 45.8 Å². The van der Waals surface area contributed by atoms with Crippen LogP contribution in [-0.4, -0.2) is 5.91 Å². The molecule has 4 heteroatoms. The first-order valence-corrected chi connectivity index (χ1v) is 4.78. The van der Waals surface area contributed by atoms with Gasteiger partial charge in [0.15, 0.2) is 0 Å². The van der Waals surface area contributed by atoms with Gasteiger partial charge in [0.1, 0.15) is 0 Å². The highest BCUT2D eigenvalue weighted by atomic mass is 127. The Hall–Kier alpha value is -0.290. The second kappa shape index (κ2) is 4.09. The number of hydrogen-bond acceptors (Lipinski definition) is 1. The number of benzene rings is 1. The van der Waals surface area contributed by atoms with Crippen molar-refractivity contribution in [3.63, 3.8) is 0 Å². The normalized spacial score (nSPS) is 9.58. The molecule has 12 heavy (non-hydrogen) atoms. The molecule has 0 atom stereocenters. The topological polar surface area (TPSA) is 29.1 Å². The molecule has 0 aromatic heterocycles. The standard InChI is InChI=1S/C8H7ClINO/c1-5(12)11-6-2-3-7(9)8(10)4-6/h2-4H,1H3,(H,11,12). The van der Waals surface area contributed by atoms with Gasteiger partial charge in [-0.1, -0.05) is 11.6 Å². The summed E-state index contributed by atoms with van der Waals surface area (Å²) in [5, 5.41) is 3.37. The fourth-order valence-electron chi connectivity index (χ4n) is 0.777. The summed E-state index contributed by atoms with van der Waals surface area (Å²) < 4.78 is 0.931. The number of anilines is 1. The van der Waals surface area contributed by atoms with E-state index < -0.39 is 0 Å². The SMILES string of the molecule is CC(=O)Nc1ccc(Cl)c(I)c1. The van der Waals surface area contributed by atoms with Crippen LogP contribution in [0.4, 0.5) is 5.69 Å². The lowest BCUT2D eigenvalue weighted by molar-refractivity contribution is -0.114. The smallest absolute Gasteiger partial charge is 0.221 e. The van der Waals surface area contributed by atoms with Crippen molar-refractivity contribution in [2.45, 2.75) is 6.92 Å². The third-order valence-corrected chi connectivity index (χ3v) is 2.78. The second-order valence-electron chi connectivity index (χ2n) is 2.31. The van der Waals surface area contributed by atoms with Crippen molar-refractivity contribution in [2.24, 2.45) is 0 Å². The number of amides is 1. The summed E-state index contributed by atoms with van der Waals surface area (Å²) in [4.78, 5) is 10.7. The van der Waals surface area contributed by atoms with Gasteiger partial charge in [-0.15, -0.1) is 0 Å². The first-order valence-electron chi connectivity index (χ1n) is 3.32. The summed E-state index contributed by atoms with van der Waals surface area (Å²) in [5.74, 6) is -0.0758. The third-order valence-electron chi connectivity index (χ3n) is 1.24. The Balaban J connectivity index is 2.89. The van der Waals surface area contributed by atoms with Crippen LogP contribution in [-0.2, 0) is 4.79 Å². The van der Waals surface area contributed by atoms with Crippen LogP contribution in [0, 0.1) is 3.57 Å². The van der Waals surface area contributed by atoms with E-state index in [2.05, 4.69) is 27.9 Å². The molecule has 1 rings (SSSR count). The molecule has 0 radical (unpaired) electrons. The van der Waals surface area contributed by atoms with Crippen molar-refractivity contribution < 1.29 is 4.79 Å². The Bertz CT molecular complexity index is 314. The minimum atomic E-state index is -0.0758. The lowest BCUT2D eigenvalue weighted by atomic mass is 10.3. The van der Waals surface area contributed by atoms with Crippen LogP contribution in [0.1, 0.15) is 6.92 Å². The van der Waals surface area contributed by atoms with Crippen molar-refractivity contribution in [2.75, 3.05) is 5.32 Å². The molecule has 2 nitrogen and oxygen atoms in total. The molecule has 0 fully saturated rings. The molecule has 0 spiro atoms. The molecule has 0 saturated heterocycles. The predicted molar refractivity (Wildman–Crippen MR) is 58.5 cm³/mol. The molecule has 1 N–H and O–H groups in total. The van der Waals surface area contributed by atoms with Gasteiger partial charge >= 0.3 is 0 Å². The first-order chi connectivity index (χ1) is 5.59. The molecule has 0 aliphatic carbocycles. The van der Waals surface area contributed by atoms with Crippen molar-refractivity contribution in [1.82, 2.24) is 0 Å². The number of carbonyl (C=O) groups is 1. The van der Waals surface area contributed by atoms with Gasteiger partial charge in [-0.3, -0.25) is 4.79 Å². The van der Waals surface area contributed by atoms with Crippen LogP contribution >= 0.6 is 34.2 Å². The summed E-state index contributed by atoms with van der Waals surface area (Å²) in [6, 6.07) is 5.35.